The van der Waals surface area contributed by atoms with Gasteiger partial charge in [0.15, 0.2) is 11.3 Å². The van der Waals surface area contributed by atoms with Crippen LogP contribution in [-0.2, 0) is 11.3 Å². The van der Waals surface area contributed by atoms with E-state index in [1.807, 2.05) is 52.9 Å². The highest BCUT2D eigenvalue weighted by Crippen LogP contribution is 2.21. The Labute approximate surface area is 165 Å². The Bertz CT molecular complexity index is 1000. The van der Waals surface area contributed by atoms with Crippen molar-refractivity contribution < 1.29 is 14.3 Å². The number of carbonyl (C=O) groups excluding carboxylic acids is 1. The zero-order valence-corrected chi connectivity index (χ0v) is 16.8. The van der Waals surface area contributed by atoms with Gasteiger partial charge in [0.1, 0.15) is 6.61 Å². The molecule has 0 saturated carbocycles. The lowest BCUT2D eigenvalue weighted by atomic mass is 10.2. The molecule has 0 saturated heterocycles. The van der Waals surface area contributed by atoms with Crippen LogP contribution in [0.5, 0.6) is 5.75 Å². The molecule has 2 aromatic heterocycles. The molecule has 0 aliphatic heterocycles. The molecule has 0 spiro atoms. The number of aromatic nitrogens is 2. The van der Waals surface area contributed by atoms with Crippen molar-refractivity contribution in [1.82, 2.24) is 9.38 Å². The van der Waals surface area contributed by atoms with Crippen molar-refractivity contribution in [2.45, 2.75) is 6.61 Å². The summed E-state index contributed by atoms with van der Waals surface area (Å²) < 4.78 is 13.2. The standard InChI is InChI=1S/C17H12BrIN2O4/c1-24-17(23)13-14(25-9-10-5-3-2-4-6-10)16(22)21-8-11(18)7-12(19)15(21)20-13/h2-8H,9H2,1H3. The molecule has 0 atom stereocenters. The van der Waals surface area contributed by atoms with Crippen LogP contribution in [0.4, 0.5) is 0 Å². The van der Waals surface area contributed by atoms with E-state index in [1.165, 1.54) is 11.5 Å². The van der Waals surface area contributed by atoms with Crippen LogP contribution in [0, 0.1) is 3.57 Å². The number of esters is 1. The quantitative estimate of drug-likeness (QED) is 0.394. The number of halogens is 2. The summed E-state index contributed by atoms with van der Waals surface area (Å²) in [5.74, 6) is -0.858. The van der Waals surface area contributed by atoms with Crippen molar-refractivity contribution in [3.05, 3.63) is 72.2 Å². The molecule has 0 aliphatic carbocycles. The highest BCUT2D eigenvalue weighted by Gasteiger charge is 2.22. The summed E-state index contributed by atoms with van der Waals surface area (Å²) in [5, 5.41) is 0. The van der Waals surface area contributed by atoms with Gasteiger partial charge in [-0.3, -0.25) is 9.20 Å². The van der Waals surface area contributed by atoms with E-state index >= 15 is 0 Å². The third kappa shape index (κ3) is 3.69. The molecule has 6 nitrogen and oxygen atoms in total. The average molecular weight is 515 g/mol. The van der Waals surface area contributed by atoms with Crippen molar-refractivity contribution in [2.24, 2.45) is 0 Å². The largest absolute Gasteiger partial charge is 0.481 e. The Balaban J connectivity index is 2.15. The molecule has 3 aromatic rings. The maximum atomic E-state index is 12.9. The van der Waals surface area contributed by atoms with Crippen molar-refractivity contribution in [2.75, 3.05) is 7.11 Å². The Hall–Kier alpha value is -1.94. The van der Waals surface area contributed by atoms with Crippen LogP contribution in [0.2, 0.25) is 0 Å². The lowest BCUT2D eigenvalue weighted by Crippen LogP contribution is -2.23. The minimum Gasteiger partial charge on any atom is -0.481 e. The predicted molar refractivity (Wildman–Crippen MR) is 104 cm³/mol. The second kappa shape index (κ2) is 7.52. The van der Waals surface area contributed by atoms with Crippen LogP contribution >= 0.6 is 38.5 Å². The topological polar surface area (TPSA) is 69.9 Å². The maximum Gasteiger partial charge on any atom is 0.360 e. The van der Waals surface area contributed by atoms with Gasteiger partial charge in [0.05, 0.1) is 10.7 Å². The van der Waals surface area contributed by atoms with Crippen LogP contribution in [0.3, 0.4) is 0 Å². The first kappa shape index (κ1) is 17.9. The molecule has 128 valence electrons. The van der Waals surface area contributed by atoms with Gasteiger partial charge in [0.25, 0.3) is 0 Å². The van der Waals surface area contributed by atoms with Crippen molar-refractivity contribution >= 4 is 50.1 Å². The molecule has 0 radical (unpaired) electrons. The monoisotopic (exact) mass is 514 g/mol. The van der Waals surface area contributed by atoms with Crippen LogP contribution < -0.4 is 10.3 Å². The number of methoxy groups -OCH3 is 1. The third-order valence-electron chi connectivity index (χ3n) is 3.41. The van der Waals surface area contributed by atoms with Gasteiger partial charge in [0, 0.05) is 10.7 Å². The van der Waals surface area contributed by atoms with E-state index in [4.69, 9.17) is 9.47 Å². The Morgan fingerprint density at radius 2 is 2.04 bits per heavy atom. The Morgan fingerprint density at radius 3 is 2.72 bits per heavy atom. The van der Waals surface area contributed by atoms with E-state index in [0.29, 0.717) is 13.7 Å². The summed E-state index contributed by atoms with van der Waals surface area (Å²) in [7, 11) is 1.24. The maximum absolute atomic E-state index is 12.9. The van der Waals surface area contributed by atoms with Gasteiger partial charge < -0.3 is 9.47 Å². The van der Waals surface area contributed by atoms with E-state index < -0.39 is 11.5 Å². The number of pyridine rings is 1. The minimum absolute atomic E-state index is 0.135. The molecule has 0 aliphatic rings. The van der Waals surface area contributed by atoms with Gasteiger partial charge in [-0.1, -0.05) is 30.3 Å². The van der Waals surface area contributed by atoms with E-state index in [2.05, 4.69) is 20.9 Å². The molecular formula is C17H12BrIN2O4. The van der Waals surface area contributed by atoms with Crippen molar-refractivity contribution in [1.29, 1.82) is 0 Å². The molecule has 0 unspecified atom stereocenters. The molecule has 8 heteroatoms. The van der Waals surface area contributed by atoms with E-state index in [-0.39, 0.29) is 18.1 Å². The highest BCUT2D eigenvalue weighted by atomic mass is 127. The number of hydrogen-bond acceptors (Lipinski definition) is 5. The van der Waals surface area contributed by atoms with Crippen LogP contribution in [0.15, 0.2) is 51.9 Å². The zero-order chi connectivity index (χ0) is 18.0. The smallest absolute Gasteiger partial charge is 0.360 e. The molecule has 0 N–H and O–H groups in total. The number of hydrogen-bond donors (Lipinski definition) is 0. The number of carbonyl (C=O) groups is 1. The lowest BCUT2D eigenvalue weighted by molar-refractivity contribution is 0.0588. The van der Waals surface area contributed by atoms with Gasteiger partial charge in [-0.2, -0.15) is 0 Å². The fraction of sp³-hybridized carbons (Fsp3) is 0.118. The Kier molecular flexibility index (Phi) is 5.38. The number of ether oxygens (including phenoxy) is 2. The molecule has 3 rings (SSSR count). The van der Waals surface area contributed by atoms with Crippen LogP contribution in [0.1, 0.15) is 16.1 Å². The summed E-state index contributed by atoms with van der Waals surface area (Å²) in [4.78, 5) is 29.3. The van der Waals surface area contributed by atoms with Gasteiger partial charge in [0.2, 0.25) is 5.75 Å². The van der Waals surface area contributed by atoms with Gasteiger partial charge in [-0.05, 0) is 50.2 Å². The van der Waals surface area contributed by atoms with Crippen LogP contribution in [0.25, 0.3) is 5.65 Å². The highest BCUT2D eigenvalue weighted by molar-refractivity contribution is 14.1. The Morgan fingerprint density at radius 1 is 1.32 bits per heavy atom. The summed E-state index contributed by atoms with van der Waals surface area (Å²) >= 11 is 5.40. The lowest BCUT2D eigenvalue weighted by Gasteiger charge is -2.12. The summed E-state index contributed by atoms with van der Waals surface area (Å²) in [5.41, 5.74) is 0.622. The van der Waals surface area contributed by atoms with Crippen molar-refractivity contribution in [3.63, 3.8) is 0 Å². The molecule has 0 amide bonds. The van der Waals surface area contributed by atoms with Crippen molar-refractivity contribution in [3.8, 4) is 5.75 Å². The van der Waals surface area contributed by atoms with E-state index in [0.717, 1.165) is 5.56 Å². The average Bonchev–Trinajstić information content (AvgIpc) is 2.61. The number of benzene rings is 1. The normalized spacial score (nSPS) is 10.7. The van der Waals surface area contributed by atoms with E-state index in [9.17, 15) is 9.59 Å². The fourth-order valence-corrected chi connectivity index (χ4v) is 3.82. The number of rotatable bonds is 4. The molecule has 2 heterocycles. The van der Waals surface area contributed by atoms with Crippen LogP contribution in [-0.4, -0.2) is 22.5 Å². The van der Waals surface area contributed by atoms with Gasteiger partial charge >= 0.3 is 11.5 Å². The first-order valence-electron chi connectivity index (χ1n) is 7.17. The molecule has 1 aromatic carbocycles. The first-order chi connectivity index (χ1) is 12.0. The summed E-state index contributed by atoms with van der Waals surface area (Å²) in [6.07, 6.45) is 1.59. The predicted octanol–water partition coefficient (Wildman–Crippen LogP) is 3.43. The minimum atomic E-state index is -0.721. The second-order valence-corrected chi connectivity index (χ2v) is 7.14. The molecule has 0 bridgehead atoms. The molecule has 0 fully saturated rings. The number of fused-ring (bicyclic) bond motifs is 1. The first-order valence-corrected chi connectivity index (χ1v) is 9.05. The van der Waals surface area contributed by atoms with E-state index in [1.54, 1.807) is 12.3 Å². The summed E-state index contributed by atoms with van der Waals surface area (Å²) in [6, 6.07) is 11.1. The van der Waals surface area contributed by atoms with Gasteiger partial charge in [-0.25, -0.2) is 9.78 Å². The third-order valence-corrected chi connectivity index (χ3v) is 4.64. The molecular weight excluding hydrogens is 503 g/mol. The second-order valence-electron chi connectivity index (χ2n) is 5.06. The summed E-state index contributed by atoms with van der Waals surface area (Å²) in [6.45, 7) is 0.138. The SMILES string of the molecule is COC(=O)c1nc2c(I)cc(Br)cn2c(=O)c1OCc1ccccc1. The van der Waals surface area contributed by atoms with Gasteiger partial charge in [-0.15, -0.1) is 0 Å². The zero-order valence-electron chi connectivity index (χ0n) is 13.0. The fourth-order valence-electron chi connectivity index (χ4n) is 2.25. The molecule has 25 heavy (non-hydrogen) atoms. The number of nitrogens with zero attached hydrogens (tertiary/aromatic N) is 2.